The molecule has 0 bridgehead atoms. The molecule has 0 spiro atoms. The van der Waals surface area contributed by atoms with Crippen LogP contribution in [0.4, 0.5) is 13.2 Å². The molecular weight excluding hydrogens is 167 g/mol. The minimum absolute atomic E-state index is 0.150. The molecule has 0 aromatic rings. The Bertz CT molecular complexity index is 178. The lowest BCUT2D eigenvalue weighted by Crippen LogP contribution is -2.37. The third-order valence-electron chi connectivity index (χ3n) is 2.91. The summed E-state index contributed by atoms with van der Waals surface area (Å²) in [7, 11) is 0. The molecule has 1 nitrogen and oxygen atoms in total. The second-order valence-corrected chi connectivity index (χ2v) is 3.84. The first-order valence-electron chi connectivity index (χ1n) is 4.36. The van der Waals surface area contributed by atoms with Gasteiger partial charge in [-0.2, -0.15) is 13.2 Å². The maximum Gasteiger partial charge on any atom is 0.401 e. The van der Waals surface area contributed by atoms with Crippen molar-refractivity contribution in [3.05, 3.63) is 0 Å². The van der Waals surface area contributed by atoms with E-state index in [0.717, 1.165) is 25.2 Å². The van der Waals surface area contributed by atoms with Crippen molar-refractivity contribution in [3.63, 3.8) is 0 Å². The average Bonchev–Trinajstić information content (AvgIpc) is 2.60. The van der Waals surface area contributed by atoms with E-state index in [-0.39, 0.29) is 6.04 Å². The van der Waals surface area contributed by atoms with Crippen LogP contribution in [-0.2, 0) is 0 Å². The summed E-state index contributed by atoms with van der Waals surface area (Å²) in [5, 5.41) is 2.59. The van der Waals surface area contributed by atoms with Crippen molar-refractivity contribution >= 4 is 0 Å². The fourth-order valence-corrected chi connectivity index (χ4v) is 2.20. The van der Waals surface area contributed by atoms with Gasteiger partial charge in [0.05, 0.1) is 6.54 Å². The Kier molecular flexibility index (Phi) is 1.82. The molecule has 0 saturated heterocycles. The third-order valence-corrected chi connectivity index (χ3v) is 2.91. The topological polar surface area (TPSA) is 12.0 Å². The number of nitrogens with one attached hydrogen (secondary N) is 1. The van der Waals surface area contributed by atoms with E-state index < -0.39 is 12.7 Å². The Morgan fingerprint density at radius 2 is 2.00 bits per heavy atom. The molecule has 70 valence electrons. The van der Waals surface area contributed by atoms with Crippen molar-refractivity contribution < 1.29 is 13.2 Å². The van der Waals surface area contributed by atoms with Gasteiger partial charge in [0.25, 0.3) is 0 Å². The molecule has 4 heteroatoms. The lowest BCUT2D eigenvalue weighted by atomic mass is 10.2. The summed E-state index contributed by atoms with van der Waals surface area (Å²) in [6, 6.07) is 0.150. The Balaban J connectivity index is 1.73. The van der Waals surface area contributed by atoms with E-state index in [2.05, 4.69) is 5.32 Å². The molecule has 2 aliphatic carbocycles. The van der Waals surface area contributed by atoms with Crippen molar-refractivity contribution in [3.8, 4) is 0 Å². The van der Waals surface area contributed by atoms with Gasteiger partial charge in [-0.3, -0.25) is 0 Å². The Morgan fingerprint density at radius 1 is 1.25 bits per heavy atom. The molecule has 1 N–H and O–H groups in total. The molecule has 0 heterocycles. The first kappa shape index (κ1) is 8.35. The van der Waals surface area contributed by atoms with Gasteiger partial charge in [0.1, 0.15) is 0 Å². The van der Waals surface area contributed by atoms with Crippen LogP contribution in [0.5, 0.6) is 0 Å². The number of halogens is 3. The molecule has 3 unspecified atom stereocenters. The van der Waals surface area contributed by atoms with Gasteiger partial charge in [-0.25, -0.2) is 0 Å². The van der Waals surface area contributed by atoms with E-state index in [0.29, 0.717) is 5.92 Å². The maximum absolute atomic E-state index is 11.8. The third kappa shape index (κ3) is 1.73. The fourth-order valence-electron chi connectivity index (χ4n) is 2.20. The summed E-state index contributed by atoms with van der Waals surface area (Å²) in [5.41, 5.74) is 0. The smallest absolute Gasteiger partial charge is 0.306 e. The van der Waals surface area contributed by atoms with Gasteiger partial charge in [0.2, 0.25) is 0 Å². The zero-order valence-electron chi connectivity index (χ0n) is 6.69. The fraction of sp³-hybridized carbons (Fsp3) is 1.00. The van der Waals surface area contributed by atoms with E-state index in [1.807, 2.05) is 0 Å². The first-order valence-corrected chi connectivity index (χ1v) is 4.36. The summed E-state index contributed by atoms with van der Waals surface area (Å²) in [4.78, 5) is 0. The highest BCUT2D eigenvalue weighted by Crippen LogP contribution is 2.51. The van der Waals surface area contributed by atoms with Gasteiger partial charge in [0, 0.05) is 6.04 Å². The van der Waals surface area contributed by atoms with E-state index in [1.54, 1.807) is 0 Å². The van der Waals surface area contributed by atoms with Crippen LogP contribution in [-0.4, -0.2) is 18.8 Å². The molecule has 2 aliphatic rings. The molecule has 0 radical (unpaired) electrons. The highest BCUT2D eigenvalue weighted by atomic mass is 19.4. The lowest BCUT2D eigenvalue weighted by Gasteiger charge is -2.15. The normalized spacial score (nSPS) is 39.8. The molecule has 0 amide bonds. The predicted octanol–water partition coefficient (Wildman–Crippen LogP) is 1.94. The van der Waals surface area contributed by atoms with Crippen LogP contribution in [0.15, 0.2) is 0 Å². The summed E-state index contributed by atoms with van der Waals surface area (Å²) in [6.45, 7) is -0.819. The zero-order chi connectivity index (χ0) is 8.77. The molecule has 12 heavy (non-hydrogen) atoms. The van der Waals surface area contributed by atoms with E-state index in [4.69, 9.17) is 0 Å². The highest BCUT2D eigenvalue weighted by molar-refractivity contribution is 5.01. The van der Waals surface area contributed by atoms with Crippen LogP contribution in [0.1, 0.15) is 19.3 Å². The van der Waals surface area contributed by atoms with Gasteiger partial charge in [-0.05, 0) is 31.1 Å². The molecule has 0 aliphatic heterocycles. The predicted molar refractivity (Wildman–Crippen MR) is 38.7 cm³/mol. The number of alkyl halides is 3. The van der Waals surface area contributed by atoms with Crippen LogP contribution in [0.2, 0.25) is 0 Å². The lowest BCUT2D eigenvalue weighted by molar-refractivity contribution is -0.126. The standard InChI is InChI=1S/C8H12F3N/c9-8(10,11)4-12-7-2-1-5-3-6(5)7/h5-7,12H,1-4H2. The Hall–Kier alpha value is -0.250. The Morgan fingerprint density at radius 3 is 2.42 bits per heavy atom. The van der Waals surface area contributed by atoms with Crippen LogP contribution < -0.4 is 5.32 Å². The second kappa shape index (κ2) is 2.62. The van der Waals surface area contributed by atoms with Crippen molar-refractivity contribution in [2.75, 3.05) is 6.54 Å². The number of fused-ring (bicyclic) bond motifs is 1. The largest absolute Gasteiger partial charge is 0.401 e. The molecule has 0 aromatic heterocycles. The highest BCUT2D eigenvalue weighted by Gasteiger charge is 2.48. The van der Waals surface area contributed by atoms with Gasteiger partial charge in [-0.1, -0.05) is 0 Å². The number of hydrogen-bond acceptors (Lipinski definition) is 1. The first-order chi connectivity index (χ1) is 5.56. The average molecular weight is 179 g/mol. The van der Waals surface area contributed by atoms with Crippen molar-refractivity contribution in [2.45, 2.75) is 31.5 Å². The molecule has 2 rings (SSSR count). The number of rotatable bonds is 2. The zero-order valence-corrected chi connectivity index (χ0v) is 6.69. The maximum atomic E-state index is 11.8. The van der Waals surface area contributed by atoms with Crippen LogP contribution in [0.3, 0.4) is 0 Å². The minimum atomic E-state index is -4.05. The molecule has 2 saturated carbocycles. The minimum Gasteiger partial charge on any atom is -0.306 e. The van der Waals surface area contributed by atoms with Crippen LogP contribution >= 0.6 is 0 Å². The second-order valence-electron chi connectivity index (χ2n) is 3.84. The van der Waals surface area contributed by atoms with Gasteiger partial charge < -0.3 is 5.32 Å². The van der Waals surface area contributed by atoms with Gasteiger partial charge in [0.15, 0.2) is 0 Å². The van der Waals surface area contributed by atoms with Crippen LogP contribution in [0.25, 0.3) is 0 Å². The molecule has 2 fully saturated rings. The van der Waals surface area contributed by atoms with E-state index in [1.165, 1.54) is 0 Å². The van der Waals surface area contributed by atoms with E-state index in [9.17, 15) is 13.2 Å². The number of hydrogen-bond donors (Lipinski definition) is 1. The van der Waals surface area contributed by atoms with Gasteiger partial charge in [-0.15, -0.1) is 0 Å². The van der Waals surface area contributed by atoms with Crippen molar-refractivity contribution in [1.29, 1.82) is 0 Å². The molecular formula is C8H12F3N. The molecule has 0 aromatic carbocycles. The summed E-state index contributed by atoms with van der Waals surface area (Å²) in [5.74, 6) is 1.31. The Labute approximate surface area is 69.3 Å². The summed E-state index contributed by atoms with van der Waals surface area (Å²) >= 11 is 0. The van der Waals surface area contributed by atoms with Crippen molar-refractivity contribution in [2.24, 2.45) is 11.8 Å². The van der Waals surface area contributed by atoms with Crippen LogP contribution in [0, 0.1) is 11.8 Å². The quantitative estimate of drug-likeness (QED) is 0.683. The summed E-state index contributed by atoms with van der Waals surface area (Å²) in [6.07, 6.45) is -0.839. The molecule has 3 atom stereocenters. The summed E-state index contributed by atoms with van der Waals surface area (Å²) < 4.78 is 35.4. The monoisotopic (exact) mass is 179 g/mol. The SMILES string of the molecule is FC(F)(F)CNC1CCC2CC21. The van der Waals surface area contributed by atoms with Crippen molar-refractivity contribution in [1.82, 2.24) is 5.32 Å². The van der Waals surface area contributed by atoms with Gasteiger partial charge >= 0.3 is 6.18 Å². The van der Waals surface area contributed by atoms with E-state index >= 15 is 0 Å².